The summed E-state index contributed by atoms with van der Waals surface area (Å²) in [5, 5.41) is 3.63. The predicted molar refractivity (Wildman–Crippen MR) is 71.9 cm³/mol. The van der Waals surface area contributed by atoms with Crippen molar-refractivity contribution in [2.24, 2.45) is 0 Å². The SMILES string of the molecule is CCNC(CC)C(C)N(CC)C1CCCC1. The van der Waals surface area contributed by atoms with Crippen LogP contribution in [0, 0.1) is 0 Å². The van der Waals surface area contributed by atoms with E-state index in [-0.39, 0.29) is 0 Å². The van der Waals surface area contributed by atoms with Crippen LogP contribution >= 0.6 is 0 Å². The molecule has 2 heteroatoms. The van der Waals surface area contributed by atoms with Gasteiger partial charge in [0.2, 0.25) is 0 Å². The van der Waals surface area contributed by atoms with Crippen LogP contribution in [0.1, 0.15) is 59.8 Å². The van der Waals surface area contributed by atoms with E-state index in [2.05, 4.69) is 37.9 Å². The lowest BCUT2D eigenvalue weighted by atomic mass is 10.0. The zero-order valence-corrected chi connectivity index (χ0v) is 11.6. The third kappa shape index (κ3) is 3.46. The van der Waals surface area contributed by atoms with Crippen LogP contribution in [0.25, 0.3) is 0 Å². The number of hydrogen-bond donors (Lipinski definition) is 1. The Labute approximate surface area is 102 Å². The van der Waals surface area contributed by atoms with E-state index in [1.807, 2.05) is 0 Å². The van der Waals surface area contributed by atoms with E-state index >= 15 is 0 Å². The molecule has 0 bridgehead atoms. The summed E-state index contributed by atoms with van der Waals surface area (Å²) < 4.78 is 0. The van der Waals surface area contributed by atoms with Gasteiger partial charge in [-0.15, -0.1) is 0 Å². The fourth-order valence-electron chi connectivity index (χ4n) is 3.26. The highest BCUT2D eigenvalue weighted by molar-refractivity contribution is 4.86. The molecule has 16 heavy (non-hydrogen) atoms. The van der Waals surface area contributed by atoms with Crippen LogP contribution in [0.5, 0.6) is 0 Å². The second-order valence-electron chi connectivity index (χ2n) is 5.08. The van der Waals surface area contributed by atoms with E-state index in [1.54, 1.807) is 0 Å². The van der Waals surface area contributed by atoms with Crippen molar-refractivity contribution in [3.05, 3.63) is 0 Å². The quantitative estimate of drug-likeness (QED) is 0.718. The maximum Gasteiger partial charge on any atom is 0.0223 e. The lowest BCUT2D eigenvalue weighted by Crippen LogP contribution is -2.51. The standard InChI is InChI=1S/C14H30N2/c1-5-14(15-6-2)12(4)16(7-3)13-10-8-9-11-13/h12-15H,5-11H2,1-4H3. The highest BCUT2D eigenvalue weighted by Gasteiger charge is 2.28. The van der Waals surface area contributed by atoms with E-state index in [9.17, 15) is 0 Å². The average Bonchev–Trinajstić information content (AvgIpc) is 2.80. The predicted octanol–water partition coefficient (Wildman–Crippen LogP) is 3.03. The normalized spacial score (nSPS) is 21.6. The molecular formula is C14H30N2. The first kappa shape index (κ1) is 14.0. The van der Waals surface area contributed by atoms with E-state index in [1.165, 1.54) is 38.6 Å². The lowest BCUT2D eigenvalue weighted by Gasteiger charge is -2.38. The molecule has 1 N–H and O–H groups in total. The number of rotatable bonds is 7. The number of hydrogen-bond acceptors (Lipinski definition) is 2. The van der Waals surface area contributed by atoms with Crippen LogP contribution in [0.4, 0.5) is 0 Å². The molecule has 1 aliphatic carbocycles. The van der Waals surface area contributed by atoms with Gasteiger partial charge in [-0.25, -0.2) is 0 Å². The molecule has 1 rings (SSSR count). The largest absolute Gasteiger partial charge is 0.313 e. The Kier molecular flexibility index (Phi) is 6.37. The minimum Gasteiger partial charge on any atom is -0.313 e. The maximum atomic E-state index is 3.63. The summed E-state index contributed by atoms with van der Waals surface area (Å²) in [5.74, 6) is 0. The molecule has 1 aliphatic rings. The Balaban J connectivity index is 2.55. The van der Waals surface area contributed by atoms with Gasteiger partial charge in [-0.2, -0.15) is 0 Å². The molecule has 0 aromatic heterocycles. The Hall–Kier alpha value is -0.0800. The van der Waals surface area contributed by atoms with Crippen LogP contribution in [0.3, 0.4) is 0 Å². The number of nitrogens with zero attached hydrogens (tertiary/aromatic N) is 1. The first-order chi connectivity index (χ1) is 7.74. The molecule has 0 amide bonds. The molecule has 2 unspecified atom stereocenters. The molecule has 2 nitrogen and oxygen atoms in total. The maximum absolute atomic E-state index is 3.63. The van der Waals surface area contributed by atoms with E-state index < -0.39 is 0 Å². The van der Waals surface area contributed by atoms with Crippen molar-refractivity contribution >= 4 is 0 Å². The third-order valence-electron chi connectivity index (χ3n) is 4.17. The van der Waals surface area contributed by atoms with Gasteiger partial charge >= 0.3 is 0 Å². The summed E-state index contributed by atoms with van der Waals surface area (Å²) >= 11 is 0. The topological polar surface area (TPSA) is 15.3 Å². The van der Waals surface area contributed by atoms with Crippen molar-refractivity contribution in [1.82, 2.24) is 10.2 Å². The van der Waals surface area contributed by atoms with Gasteiger partial charge in [0.25, 0.3) is 0 Å². The van der Waals surface area contributed by atoms with Crippen molar-refractivity contribution in [3.63, 3.8) is 0 Å². The monoisotopic (exact) mass is 226 g/mol. The molecule has 0 aromatic rings. The van der Waals surface area contributed by atoms with Gasteiger partial charge in [0, 0.05) is 18.1 Å². The smallest absolute Gasteiger partial charge is 0.0223 e. The first-order valence-corrected chi connectivity index (χ1v) is 7.23. The molecule has 0 saturated heterocycles. The number of nitrogens with one attached hydrogen (secondary N) is 1. The Morgan fingerprint density at radius 2 is 1.81 bits per heavy atom. The van der Waals surface area contributed by atoms with Crippen LogP contribution in [-0.2, 0) is 0 Å². The van der Waals surface area contributed by atoms with Gasteiger partial charge in [-0.05, 0) is 39.3 Å². The van der Waals surface area contributed by atoms with Crippen molar-refractivity contribution in [2.75, 3.05) is 13.1 Å². The molecule has 1 fully saturated rings. The summed E-state index contributed by atoms with van der Waals surface area (Å²) in [6.45, 7) is 11.5. The molecule has 0 aliphatic heterocycles. The van der Waals surface area contributed by atoms with Crippen LogP contribution in [0.15, 0.2) is 0 Å². The highest BCUT2D eigenvalue weighted by atomic mass is 15.2. The second kappa shape index (κ2) is 7.29. The molecular weight excluding hydrogens is 196 g/mol. The van der Waals surface area contributed by atoms with Crippen molar-refractivity contribution in [2.45, 2.75) is 77.9 Å². The molecule has 0 radical (unpaired) electrons. The Morgan fingerprint density at radius 1 is 1.19 bits per heavy atom. The zero-order valence-electron chi connectivity index (χ0n) is 11.6. The van der Waals surface area contributed by atoms with E-state index in [0.29, 0.717) is 12.1 Å². The molecule has 0 heterocycles. The minimum atomic E-state index is 0.658. The molecule has 1 saturated carbocycles. The summed E-state index contributed by atoms with van der Waals surface area (Å²) in [4.78, 5) is 2.73. The van der Waals surface area contributed by atoms with Crippen molar-refractivity contribution in [3.8, 4) is 0 Å². The second-order valence-corrected chi connectivity index (χ2v) is 5.08. The van der Waals surface area contributed by atoms with Gasteiger partial charge < -0.3 is 5.32 Å². The van der Waals surface area contributed by atoms with Gasteiger partial charge in [0.15, 0.2) is 0 Å². The fourth-order valence-corrected chi connectivity index (χ4v) is 3.26. The Morgan fingerprint density at radius 3 is 2.25 bits per heavy atom. The van der Waals surface area contributed by atoms with Gasteiger partial charge in [0.1, 0.15) is 0 Å². The number of likely N-dealkylation sites (N-methyl/N-ethyl adjacent to an activating group) is 2. The zero-order chi connectivity index (χ0) is 12.0. The minimum absolute atomic E-state index is 0.658. The third-order valence-corrected chi connectivity index (χ3v) is 4.17. The van der Waals surface area contributed by atoms with Crippen LogP contribution in [0.2, 0.25) is 0 Å². The summed E-state index contributed by atoms with van der Waals surface area (Å²) in [5.41, 5.74) is 0. The summed E-state index contributed by atoms with van der Waals surface area (Å²) in [6.07, 6.45) is 6.94. The summed E-state index contributed by atoms with van der Waals surface area (Å²) in [7, 11) is 0. The average molecular weight is 226 g/mol. The van der Waals surface area contributed by atoms with Crippen molar-refractivity contribution in [1.29, 1.82) is 0 Å². The molecule has 2 atom stereocenters. The molecule has 96 valence electrons. The highest BCUT2D eigenvalue weighted by Crippen LogP contribution is 2.26. The van der Waals surface area contributed by atoms with Gasteiger partial charge in [-0.1, -0.05) is 33.6 Å². The molecule has 0 spiro atoms. The van der Waals surface area contributed by atoms with Gasteiger partial charge in [0.05, 0.1) is 0 Å². The van der Waals surface area contributed by atoms with Gasteiger partial charge in [-0.3, -0.25) is 4.90 Å². The van der Waals surface area contributed by atoms with E-state index in [4.69, 9.17) is 0 Å². The van der Waals surface area contributed by atoms with E-state index in [0.717, 1.165) is 12.6 Å². The lowest BCUT2D eigenvalue weighted by molar-refractivity contribution is 0.122. The fraction of sp³-hybridized carbons (Fsp3) is 1.00. The van der Waals surface area contributed by atoms with Crippen LogP contribution in [-0.4, -0.2) is 36.1 Å². The Bertz CT molecular complexity index is 176. The first-order valence-electron chi connectivity index (χ1n) is 7.23. The summed E-state index contributed by atoms with van der Waals surface area (Å²) in [6, 6.07) is 2.19. The van der Waals surface area contributed by atoms with Crippen molar-refractivity contribution < 1.29 is 0 Å². The van der Waals surface area contributed by atoms with Crippen LogP contribution < -0.4 is 5.32 Å². The molecule has 0 aromatic carbocycles.